The molecule has 7 heteroatoms. The largest absolute Gasteiger partial charge is 0.436 e. The molecular weight excluding hydrogens is 337 g/mol. The molecule has 0 bridgehead atoms. The fraction of sp³-hybridized carbons (Fsp3) is 0.263. The first-order valence-corrected chi connectivity index (χ1v) is 8.38. The molecule has 0 atom stereocenters. The van der Waals surface area contributed by atoms with Gasteiger partial charge in [-0.15, -0.1) is 0 Å². The Kier molecular flexibility index (Phi) is 4.18. The molecule has 2 heterocycles. The number of ether oxygens (including phenoxy) is 1. The smallest absolute Gasteiger partial charge is 0.244 e. The minimum atomic E-state index is -0.923. The molecule has 1 aliphatic heterocycles. The summed E-state index contributed by atoms with van der Waals surface area (Å²) in [5.74, 6) is -0.166. The zero-order valence-corrected chi connectivity index (χ0v) is 14.0. The standard InChI is InChI=1S/C19H18FN3O3/c20-13-3-1-12(2-4-13)17-23-15-6-5-14(11-16(15)26-17)22-18(24)19(21)7-9-25-10-8-19/h1-6,11H,7-10,21H2,(H,22,24). The number of hydrogen-bond acceptors (Lipinski definition) is 5. The van der Waals surface area contributed by atoms with E-state index in [1.54, 1.807) is 30.3 Å². The van der Waals surface area contributed by atoms with E-state index in [2.05, 4.69) is 10.3 Å². The summed E-state index contributed by atoms with van der Waals surface area (Å²) in [4.78, 5) is 16.9. The summed E-state index contributed by atoms with van der Waals surface area (Å²) in [7, 11) is 0. The van der Waals surface area contributed by atoms with Crippen molar-refractivity contribution in [2.75, 3.05) is 18.5 Å². The highest BCUT2D eigenvalue weighted by atomic mass is 19.1. The van der Waals surface area contributed by atoms with Gasteiger partial charge in [-0.25, -0.2) is 9.37 Å². The number of fused-ring (bicyclic) bond motifs is 1. The maximum absolute atomic E-state index is 13.1. The summed E-state index contributed by atoms with van der Waals surface area (Å²) in [6, 6.07) is 11.1. The lowest BCUT2D eigenvalue weighted by molar-refractivity contribution is -0.124. The molecule has 0 radical (unpaired) electrons. The van der Waals surface area contributed by atoms with E-state index in [0.29, 0.717) is 54.3 Å². The number of nitrogens with zero attached hydrogens (tertiary/aromatic N) is 1. The molecule has 134 valence electrons. The summed E-state index contributed by atoms with van der Waals surface area (Å²) in [5, 5.41) is 2.84. The Morgan fingerprint density at radius 3 is 2.62 bits per heavy atom. The van der Waals surface area contributed by atoms with E-state index >= 15 is 0 Å². The number of nitrogens with one attached hydrogen (secondary N) is 1. The Hall–Kier alpha value is -2.77. The van der Waals surface area contributed by atoms with Crippen molar-refractivity contribution < 1.29 is 18.3 Å². The molecule has 6 nitrogen and oxygen atoms in total. The van der Waals surface area contributed by atoms with Crippen LogP contribution in [0.15, 0.2) is 46.9 Å². The number of oxazole rings is 1. The predicted octanol–water partition coefficient (Wildman–Crippen LogP) is 3.08. The van der Waals surface area contributed by atoms with Crippen LogP contribution in [0.1, 0.15) is 12.8 Å². The molecule has 3 aromatic rings. The van der Waals surface area contributed by atoms with E-state index < -0.39 is 5.54 Å². The highest BCUT2D eigenvalue weighted by Gasteiger charge is 2.35. The number of hydrogen-bond donors (Lipinski definition) is 2. The minimum Gasteiger partial charge on any atom is -0.436 e. The number of carbonyl (C=O) groups is 1. The van der Waals surface area contributed by atoms with Gasteiger partial charge in [0.15, 0.2) is 5.58 Å². The second-order valence-corrected chi connectivity index (χ2v) is 6.43. The quantitative estimate of drug-likeness (QED) is 0.753. The van der Waals surface area contributed by atoms with Gasteiger partial charge < -0.3 is 20.2 Å². The summed E-state index contributed by atoms with van der Waals surface area (Å²) in [6.45, 7) is 0.957. The third-order valence-electron chi connectivity index (χ3n) is 4.57. The van der Waals surface area contributed by atoms with E-state index in [1.165, 1.54) is 12.1 Å². The topological polar surface area (TPSA) is 90.4 Å². The first kappa shape index (κ1) is 16.7. The van der Waals surface area contributed by atoms with Crippen molar-refractivity contribution >= 4 is 22.7 Å². The normalized spacial score (nSPS) is 16.5. The van der Waals surface area contributed by atoms with E-state index in [9.17, 15) is 9.18 Å². The fourth-order valence-corrected chi connectivity index (χ4v) is 2.94. The van der Waals surface area contributed by atoms with Crippen LogP contribution in [-0.4, -0.2) is 29.6 Å². The molecule has 0 spiro atoms. The predicted molar refractivity (Wildman–Crippen MR) is 95.0 cm³/mol. The van der Waals surface area contributed by atoms with Crippen molar-refractivity contribution in [1.29, 1.82) is 0 Å². The van der Waals surface area contributed by atoms with Crippen molar-refractivity contribution in [3.8, 4) is 11.5 Å². The van der Waals surface area contributed by atoms with Gasteiger partial charge in [0.1, 0.15) is 16.9 Å². The molecule has 1 fully saturated rings. The van der Waals surface area contributed by atoms with Crippen molar-refractivity contribution in [2.24, 2.45) is 5.73 Å². The summed E-state index contributed by atoms with van der Waals surface area (Å²) >= 11 is 0. The van der Waals surface area contributed by atoms with Crippen molar-refractivity contribution in [3.63, 3.8) is 0 Å². The van der Waals surface area contributed by atoms with Gasteiger partial charge >= 0.3 is 0 Å². The van der Waals surface area contributed by atoms with Crippen LogP contribution in [0.25, 0.3) is 22.6 Å². The van der Waals surface area contributed by atoms with Gasteiger partial charge in [-0.3, -0.25) is 4.79 Å². The third kappa shape index (κ3) is 3.18. The van der Waals surface area contributed by atoms with Crippen LogP contribution >= 0.6 is 0 Å². The molecule has 1 aromatic heterocycles. The molecule has 1 amide bonds. The zero-order chi connectivity index (χ0) is 18.1. The van der Waals surface area contributed by atoms with Crippen LogP contribution in [0.4, 0.5) is 10.1 Å². The number of aromatic nitrogens is 1. The monoisotopic (exact) mass is 355 g/mol. The fourth-order valence-electron chi connectivity index (χ4n) is 2.94. The number of nitrogens with two attached hydrogens (primary N) is 1. The Bertz CT molecular complexity index is 946. The molecule has 4 rings (SSSR count). The highest BCUT2D eigenvalue weighted by Crippen LogP contribution is 2.27. The molecule has 26 heavy (non-hydrogen) atoms. The second-order valence-electron chi connectivity index (χ2n) is 6.43. The lowest BCUT2D eigenvalue weighted by atomic mass is 9.90. The Labute approximate surface area is 149 Å². The van der Waals surface area contributed by atoms with Crippen LogP contribution in [0.2, 0.25) is 0 Å². The molecule has 3 N–H and O–H groups in total. The maximum Gasteiger partial charge on any atom is 0.244 e. The van der Waals surface area contributed by atoms with Crippen LogP contribution in [0.3, 0.4) is 0 Å². The van der Waals surface area contributed by atoms with Gasteiger partial charge in [-0.1, -0.05) is 0 Å². The lowest BCUT2D eigenvalue weighted by Gasteiger charge is -2.31. The molecule has 0 aliphatic carbocycles. The summed E-state index contributed by atoms with van der Waals surface area (Å²) < 4.78 is 24.1. The van der Waals surface area contributed by atoms with Gasteiger partial charge in [0, 0.05) is 30.5 Å². The van der Waals surface area contributed by atoms with Gasteiger partial charge in [0.05, 0.1) is 0 Å². The maximum atomic E-state index is 13.1. The zero-order valence-electron chi connectivity index (χ0n) is 14.0. The highest BCUT2D eigenvalue weighted by molar-refractivity contribution is 5.99. The van der Waals surface area contributed by atoms with Gasteiger partial charge in [-0.05, 0) is 49.2 Å². The van der Waals surface area contributed by atoms with E-state index in [0.717, 1.165) is 0 Å². The number of rotatable bonds is 3. The number of anilines is 1. The van der Waals surface area contributed by atoms with Crippen molar-refractivity contribution in [3.05, 3.63) is 48.3 Å². The second kappa shape index (κ2) is 6.51. The molecule has 1 saturated heterocycles. The van der Waals surface area contributed by atoms with Gasteiger partial charge in [0.2, 0.25) is 11.8 Å². The Morgan fingerprint density at radius 1 is 1.15 bits per heavy atom. The van der Waals surface area contributed by atoms with Crippen LogP contribution in [0, 0.1) is 5.82 Å². The number of benzene rings is 2. The van der Waals surface area contributed by atoms with Crippen LogP contribution in [0.5, 0.6) is 0 Å². The van der Waals surface area contributed by atoms with Crippen LogP contribution < -0.4 is 11.1 Å². The first-order valence-electron chi connectivity index (χ1n) is 8.38. The summed E-state index contributed by atoms with van der Waals surface area (Å²) in [6.07, 6.45) is 0.968. The third-order valence-corrected chi connectivity index (χ3v) is 4.57. The van der Waals surface area contributed by atoms with Crippen LogP contribution in [-0.2, 0) is 9.53 Å². The molecule has 0 unspecified atom stereocenters. The van der Waals surface area contributed by atoms with Gasteiger partial charge in [0.25, 0.3) is 0 Å². The van der Waals surface area contributed by atoms with E-state index in [4.69, 9.17) is 14.9 Å². The molecule has 1 aliphatic rings. The number of carbonyl (C=O) groups excluding carboxylic acids is 1. The van der Waals surface area contributed by atoms with Gasteiger partial charge in [-0.2, -0.15) is 0 Å². The average molecular weight is 355 g/mol. The number of amides is 1. The summed E-state index contributed by atoms with van der Waals surface area (Å²) in [5.41, 5.74) is 7.71. The number of halogens is 1. The molecular formula is C19H18FN3O3. The average Bonchev–Trinajstić information content (AvgIpc) is 3.06. The van der Waals surface area contributed by atoms with E-state index in [1.807, 2.05) is 0 Å². The van der Waals surface area contributed by atoms with Crippen molar-refractivity contribution in [1.82, 2.24) is 4.98 Å². The SMILES string of the molecule is NC1(C(=O)Nc2ccc3nc(-c4ccc(F)cc4)oc3c2)CCOCC1. The van der Waals surface area contributed by atoms with Crippen molar-refractivity contribution in [2.45, 2.75) is 18.4 Å². The lowest BCUT2D eigenvalue weighted by Crippen LogP contribution is -2.54. The Balaban J connectivity index is 1.57. The molecule has 0 saturated carbocycles. The minimum absolute atomic E-state index is 0.238. The van der Waals surface area contributed by atoms with E-state index in [-0.39, 0.29) is 11.7 Å². The first-order chi connectivity index (χ1) is 12.5. The molecule has 2 aromatic carbocycles. The Morgan fingerprint density at radius 2 is 1.88 bits per heavy atom.